The topological polar surface area (TPSA) is 94.4 Å². The fourth-order valence-corrected chi connectivity index (χ4v) is 2.44. The van der Waals surface area contributed by atoms with Gasteiger partial charge < -0.3 is 9.32 Å². The minimum atomic E-state index is -0.464. The summed E-state index contributed by atoms with van der Waals surface area (Å²) in [5.74, 6) is 0.435. The van der Waals surface area contributed by atoms with Crippen molar-refractivity contribution in [2.45, 2.75) is 6.54 Å². The Hall–Kier alpha value is -3.42. The number of benzene rings is 1. The van der Waals surface area contributed by atoms with E-state index >= 15 is 0 Å². The Kier molecular flexibility index (Phi) is 4.34. The average molecular weight is 340 g/mol. The Morgan fingerprint density at radius 1 is 1.28 bits per heavy atom. The second-order valence-electron chi connectivity index (χ2n) is 5.65. The van der Waals surface area contributed by atoms with Crippen LogP contribution < -0.4 is 0 Å². The molecule has 0 unspecified atom stereocenters. The standard InChI is InChI=1S/C17H16N4O4/c1-19(10-12-9-18-20(2)11-12)17(22)16-8-7-15(25-16)13-3-5-14(6-4-13)21(23)24/h3-9,11H,10H2,1-2H3. The van der Waals surface area contributed by atoms with Crippen LogP contribution in [0.3, 0.4) is 0 Å². The van der Waals surface area contributed by atoms with Crippen LogP contribution in [0.1, 0.15) is 16.1 Å². The SMILES string of the molecule is CN(Cc1cnn(C)c1)C(=O)c1ccc(-c2ccc([N+](=O)[O-])cc2)o1. The molecule has 1 amide bonds. The van der Waals surface area contributed by atoms with E-state index in [4.69, 9.17) is 4.42 Å². The number of aromatic nitrogens is 2. The van der Waals surface area contributed by atoms with E-state index in [2.05, 4.69) is 5.10 Å². The van der Waals surface area contributed by atoms with E-state index in [1.807, 2.05) is 13.2 Å². The van der Waals surface area contributed by atoms with Crippen LogP contribution in [0.4, 0.5) is 5.69 Å². The lowest BCUT2D eigenvalue weighted by molar-refractivity contribution is -0.384. The van der Waals surface area contributed by atoms with Gasteiger partial charge in [0.05, 0.1) is 11.1 Å². The molecule has 3 rings (SSSR count). The lowest BCUT2D eigenvalue weighted by atomic mass is 10.1. The highest BCUT2D eigenvalue weighted by molar-refractivity contribution is 5.91. The zero-order valence-corrected chi connectivity index (χ0v) is 13.7. The summed E-state index contributed by atoms with van der Waals surface area (Å²) in [5.41, 5.74) is 1.59. The Balaban J connectivity index is 1.73. The van der Waals surface area contributed by atoms with Gasteiger partial charge in [0.15, 0.2) is 5.76 Å². The molecule has 0 aliphatic heterocycles. The van der Waals surface area contributed by atoms with Crippen molar-refractivity contribution < 1.29 is 14.1 Å². The minimum Gasteiger partial charge on any atom is -0.451 e. The van der Waals surface area contributed by atoms with Gasteiger partial charge in [0, 0.05) is 50.1 Å². The Morgan fingerprint density at radius 2 is 2.00 bits per heavy atom. The van der Waals surface area contributed by atoms with Crippen LogP contribution in [0, 0.1) is 10.1 Å². The van der Waals surface area contributed by atoms with Crippen LogP contribution in [0.15, 0.2) is 53.2 Å². The first-order valence-corrected chi connectivity index (χ1v) is 7.51. The number of nitro groups is 1. The maximum Gasteiger partial charge on any atom is 0.289 e. The quantitative estimate of drug-likeness (QED) is 0.526. The van der Waals surface area contributed by atoms with Gasteiger partial charge in [-0.2, -0.15) is 5.10 Å². The van der Waals surface area contributed by atoms with Crippen LogP contribution in [0.5, 0.6) is 0 Å². The van der Waals surface area contributed by atoms with Crippen molar-refractivity contribution in [2.75, 3.05) is 7.05 Å². The van der Waals surface area contributed by atoms with Crippen LogP contribution in [-0.4, -0.2) is 32.6 Å². The molecule has 8 heteroatoms. The van der Waals surface area contributed by atoms with Gasteiger partial charge >= 0.3 is 0 Å². The van der Waals surface area contributed by atoms with Crippen LogP contribution >= 0.6 is 0 Å². The lowest BCUT2D eigenvalue weighted by Gasteiger charge is -2.14. The summed E-state index contributed by atoms with van der Waals surface area (Å²) in [7, 11) is 3.50. The molecule has 0 atom stereocenters. The maximum atomic E-state index is 12.5. The number of amides is 1. The van der Waals surface area contributed by atoms with Crippen LogP contribution in [0.2, 0.25) is 0 Å². The zero-order valence-electron chi connectivity index (χ0n) is 13.7. The predicted molar refractivity (Wildman–Crippen MR) is 89.8 cm³/mol. The lowest BCUT2D eigenvalue weighted by Crippen LogP contribution is -2.25. The largest absolute Gasteiger partial charge is 0.451 e. The number of carbonyl (C=O) groups excluding carboxylic acids is 1. The molecule has 2 aromatic heterocycles. The fraction of sp³-hybridized carbons (Fsp3) is 0.176. The summed E-state index contributed by atoms with van der Waals surface area (Å²) < 4.78 is 7.29. The van der Waals surface area contributed by atoms with Gasteiger partial charge in [-0.25, -0.2) is 0 Å². The molecule has 1 aromatic carbocycles. The van der Waals surface area contributed by atoms with E-state index < -0.39 is 4.92 Å². The Labute approximate surface area is 143 Å². The number of hydrogen-bond donors (Lipinski definition) is 0. The molecule has 0 spiro atoms. The summed E-state index contributed by atoms with van der Waals surface area (Å²) in [4.78, 5) is 24.2. The van der Waals surface area contributed by atoms with Gasteiger partial charge in [0.25, 0.3) is 11.6 Å². The number of nitro benzene ring substituents is 1. The van der Waals surface area contributed by atoms with Crippen LogP contribution in [-0.2, 0) is 13.6 Å². The second kappa shape index (κ2) is 6.60. The van der Waals surface area contributed by atoms with Crippen LogP contribution in [0.25, 0.3) is 11.3 Å². The molecule has 128 valence electrons. The zero-order chi connectivity index (χ0) is 18.0. The summed E-state index contributed by atoms with van der Waals surface area (Å²) in [6.07, 6.45) is 3.54. The molecule has 3 aromatic rings. The van der Waals surface area contributed by atoms with Crippen molar-refractivity contribution in [1.82, 2.24) is 14.7 Å². The van der Waals surface area contributed by atoms with Gasteiger partial charge in [-0.15, -0.1) is 0 Å². The van der Waals surface area contributed by atoms with Gasteiger partial charge in [0.1, 0.15) is 5.76 Å². The summed E-state index contributed by atoms with van der Waals surface area (Å²) in [6.45, 7) is 0.417. The molecule has 2 heterocycles. The monoisotopic (exact) mass is 340 g/mol. The van der Waals surface area contributed by atoms with Crippen molar-refractivity contribution in [3.63, 3.8) is 0 Å². The molecule has 0 fully saturated rings. The molecule has 8 nitrogen and oxygen atoms in total. The molecule has 0 N–H and O–H groups in total. The minimum absolute atomic E-state index is 0.00260. The third-order valence-corrected chi connectivity index (χ3v) is 3.70. The van der Waals surface area contributed by atoms with Gasteiger partial charge in [0.2, 0.25) is 0 Å². The smallest absolute Gasteiger partial charge is 0.289 e. The number of carbonyl (C=O) groups is 1. The average Bonchev–Trinajstić information content (AvgIpc) is 3.23. The summed E-state index contributed by atoms with van der Waals surface area (Å²) >= 11 is 0. The van der Waals surface area contributed by atoms with E-state index in [1.165, 1.54) is 17.0 Å². The van der Waals surface area contributed by atoms with E-state index in [0.717, 1.165) is 5.56 Å². The summed E-state index contributed by atoms with van der Waals surface area (Å²) in [5, 5.41) is 14.8. The Bertz CT molecular complexity index is 911. The molecule has 0 saturated heterocycles. The first-order chi connectivity index (χ1) is 11.9. The number of hydrogen-bond acceptors (Lipinski definition) is 5. The highest BCUT2D eigenvalue weighted by atomic mass is 16.6. The number of aryl methyl sites for hydroxylation is 1. The van der Waals surface area contributed by atoms with Gasteiger partial charge in [-0.1, -0.05) is 0 Å². The molecule has 0 radical (unpaired) electrons. The highest BCUT2D eigenvalue weighted by Crippen LogP contribution is 2.25. The van der Waals surface area contributed by atoms with Crippen molar-refractivity contribution in [3.05, 3.63) is 70.2 Å². The number of furan rings is 1. The third kappa shape index (κ3) is 3.57. The van der Waals surface area contributed by atoms with E-state index in [9.17, 15) is 14.9 Å². The van der Waals surface area contributed by atoms with E-state index in [1.54, 1.807) is 42.2 Å². The number of rotatable bonds is 5. The Morgan fingerprint density at radius 3 is 2.60 bits per heavy atom. The first kappa shape index (κ1) is 16.4. The van der Waals surface area contributed by atoms with E-state index in [0.29, 0.717) is 17.9 Å². The summed E-state index contributed by atoms with van der Waals surface area (Å²) in [6, 6.07) is 9.24. The van der Waals surface area contributed by atoms with Crippen molar-refractivity contribution in [1.29, 1.82) is 0 Å². The molecule has 0 aliphatic carbocycles. The van der Waals surface area contributed by atoms with Gasteiger partial charge in [-0.3, -0.25) is 19.6 Å². The first-order valence-electron chi connectivity index (χ1n) is 7.51. The number of nitrogens with zero attached hydrogens (tertiary/aromatic N) is 4. The molecule has 0 saturated carbocycles. The predicted octanol–water partition coefficient (Wildman–Crippen LogP) is 2.86. The molecule has 25 heavy (non-hydrogen) atoms. The number of non-ortho nitro benzene ring substituents is 1. The molecular formula is C17H16N4O4. The second-order valence-corrected chi connectivity index (χ2v) is 5.65. The molecular weight excluding hydrogens is 324 g/mol. The molecule has 0 bridgehead atoms. The third-order valence-electron chi connectivity index (χ3n) is 3.70. The van der Waals surface area contributed by atoms with Crippen molar-refractivity contribution in [2.24, 2.45) is 7.05 Å². The normalized spacial score (nSPS) is 10.6. The fourth-order valence-electron chi connectivity index (χ4n) is 2.44. The highest BCUT2D eigenvalue weighted by Gasteiger charge is 2.17. The van der Waals surface area contributed by atoms with Gasteiger partial charge in [-0.05, 0) is 24.3 Å². The van der Waals surface area contributed by atoms with Crippen molar-refractivity contribution in [3.8, 4) is 11.3 Å². The maximum absolute atomic E-state index is 12.5. The van der Waals surface area contributed by atoms with Crippen molar-refractivity contribution >= 4 is 11.6 Å². The van der Waals surface area contributed by atoms with E-state index in [-0.39, 0.29) is 17.4 Å². The molecule has 0 aliphatic rings.